The van der Waals surface area contributed by atoms with E-state index in [1.165, 1.54) is 38.5 Å². The maximum Gasteiger partial charge on any atom is 0.0662 e. The summed E-state index contributed by atoms with van der Waals surface area (Å²) >= 11 is 0. The van der Waals surface area contributed by atoms with E-state index in [0.29, 0.717) is 28.1 Å². The van der Waals surface area contributed by atoms with Crippen molar-refractivity contribution in [3.63, 3.8) is 0 Å². The topological polar surface area (TPSA) is 23.8 Å². The van der Waals surface area contributed by atoms with Crippen LogP contribution in [0.25, 0.3) is 0 Å². The summed E-state index contributed by atoms with van der Waals surface area (Å²) in [6.07, 6.45) is 14.3. The van der Waals surface area contributed by atoms with Crippen molar-refractivity contribution in [3.05, 3.63) is 12.2 Å². The lowest BCUT2D eigenvalue weighted by molar-refractivity contribution is -0.158. The lowest BCUT2D eigenvalue weighted by Gasteiger charge is -2.68. The number of nitriles is 1. The maximum atomic E-state index is 9.50. The molecule has 0 aromatic heterocycles. The maximum absolute atomic E-state index is 9.50. The van der Waals surface area contributed by atoms with Crippen LogP contribution in [0.2, 0.25) is 0 Å². The second-order valence-electron chi connectivity index (χ2n) is 9.30. The standard InChI is InChI=1S/C20H29N/c1-18(2)9-4-10-19(3)16(18)8-12-20-11-7-15(20)14(13-21)5-6-17(19)20/h7,11,14-17H,4-6,8-10,12H2,1-3H3/t14-,15+,16-,17+,19-,20-/m0/s1. The molecule has 0 N–H and O–H groups in total. The molecule has 3 saturated carbocycles. The van der Waals surface area contributed by atoms with Crippen LogP contribution in [0.3, 0.4) is 0 Å². The Kier molecular flexibility index (Phi) is 2.74. The van der Waals surface area contributed by atoms with Crippen molar-refractivity contribution in [2.45, 2.75) is 65.7 Å². The normalized spacial score (nSPS) is 53.6. The Morgan fingerprint density at radius 3 is 2.48 bits per heavy atom. The van der Waals surface area contributed by atoms with E-state index < -0.39 is 0 Å². The Morgan fingerprint density at radius 2 is 1.81 bits per heavy atom. The van der Waals surface area contributed by atoms with Crippen molar-refractivity contribution < 1.29 is 0 Å². The second kappa shape index (κ2) is 4.15. The minimum absolute atomic E-state index is 0.294. The summed E-state index contributed by atoms with van der Waals surface area (Å²) in [5.41, 5.74) is 1.43. The van der Waals surface area contributed by atoms with Gasteiger partial charge in [-0.25, -0.2) is 0 Å². The van der Waals surface area contributed by atoms with Crippen LogP contribution in [-0.2, 0) is 0 Å². The van der Waals surface area contributed by atoms with Crippen LogP contribution in [0.5, 0.6) is 0 Å². The van der Waals surface area contributed by atoms with Gasteiger partial charge < -0.3 is 0 Å². The highest BCUT2D eigenvalue weighted by atomic mass is 14.7. The highest BCUT2D eigenvalue weighted by Crippen LogP contribution is 2.71. The van der Waals surface area contributed by atoms with Gasteiger partial charge in [0.15, 0.2) is 0 Å². The van der Waals surface area contributed by atoms with E-state index >= 15 is 0 Å². The van der Waals surface area contributed by atoms with E-state index in [9.17, 15) is 5.26 Å². The summed E-state index contributed by atoms with van der Waals surface area (Å²) in [7, 11) is 0. The number of hydrogen-bond donors (Lipinski definition) is 0. The Morgan fingerprint density at radius 1 is 1.00 bits per heavy atom. The van der Waals surface area contributed by atoms with Gasteiger partial charge in [-0.2, -0.15) is 5.26 Å². The van der Waals surface area contributed by atoms with Gasteiger partial charge in [-0.1, -0.05) is 39.3 Å². The first kappa shape index (κ1) is 13.9. The van der Waals surface area contributed by atoms with Gasteiger partial charge in [-0.3, -0.25) is 0 Å². The average Bonchev–Trinajstić information content (AvgIpc) is 2.40. The third-order valence-corrected chi connectivity index (χ3v) is 8.19. The molecule has 114 valence electrons. The van der Waals surface area contributed by atoms with E-state index in [1.54, 1.807) is 0 Å². The van der Waals surface area contributed by atoms with Crippen LogP contribution in [-0.4, -0.2) is 0 Å². The number of nitrogens with zero attached hydrogens (tertiary/aromatic N) is 1. The Balaban J connectivity index is 1.74. The quantitative estimate of drug-likeness (QED) is 0.551. The van der Waals surface area contributed by atoms with Crippen LogP contribution in [0, 0.1) is 51.2 Å². The zero-order chi connectivity index (χ0) is 14.9. The van der Waals surface area contributed by atoms with Gasteiger partial charge in [0.25, 0.3) is 0 Å². The van der Waals surface area contributed by atoms with Gasteiger partial charge in [-0.05, 0) is 66.6 Å². The fraction of sp³-hybridized carbons (Fsp3) is 0.850. The highest BCUT2D eigenvalue weighted by Gasteiger charge is 2.64. The molecule has 1 heteroatoms. The van der Waals surface area contributed by atoms with E-state index in [0.717, 1.165) is 18.3 Å². The average molecular weight is 283 g/mol. The van der Waals surface area contributed by atoms with E-state index in [-0.39, 0.29) is 0 Å². The molecule has 0 heterocycles. The van der Waals surface area contributed by atoms with Crippen LogP contribution < -0.4 is 0 Å². The van der Waals surface area contributed by atoms with Gasteiger partial charge in [0.1, 0.15) is 0 Å². The lowest BCUT2D eigenvalue weighted by Crippen LogP contribution is -2.61. The van der Waals surface area contributed by atoms with Gasteiger partial charge in [-0.15, -0.1) is 0 Å². The molecule has 4 aliphatic rings. The molecule has 4 aliphatic carbocycles. The summed E-state index contributed by atoms with van der Waals surface area (Å²) in [4.78, 5) is 0. The molecule has 0 bridgehead atoms. The molecular weight excluding hydrogens is 254 g/mol. The van der Waals surface area contributed by atoms with Gasteiger partial charge >= 0.3 is 0 Å². The molecule has 0 saturated heterocycles. The number of rotatable bonds is 0. The van der Waals surface area contributed by atoms with Gasteiger partial charge in [0, 0.05) is 5.92 Å². The van der Waals surface area contributed by atoms with Crippen LogP contribution in [0.15, 0.2) is 12.2 Å². The summed E-state index contributed by atoms with van der Waals surface area (Å²) in [6, 6.07) is 2.61. The van der Waals surface area contributed by atoms with Crippen molar-refractivity contribution in [1.29, 1.82) is 5.26 Å². The van der Waals surface area contributed by atoms with Gasteiger partial charge in [0.2, 0.25) is 0 Å². The summed E-state index contributed by atoms with van der Waals surface area (Å²) in [5, 5.41) is 9.50. The monoisotopic (exact) mass is 283 g/mol. The van der Waals surface area contributed by atoms with Crippen LogP contribution in [0.4, 0.5) is 0 Å². The second-order valence-corrected chi connectivity index (χ2v) is 9.30. The first-order valence-corrected chi connectivity index (χ1v) is 9.03. The summed E-state index contributed by atoms with van der Waals surface area (Å²) in [6.45, 7) is 7.64. The molecule has 0 aromatic rings. The molecule has 6 atom stereocenters. The fourth-order valence-corrected chi connectivity index (χ4v) is 7.32. The molecule has 0 aromatic carbocycles. The molecule has 21 heavy (non-hydrogen) atoms. The largest absolute Gasteiger partial charge is 0.198 e. The molecule has 0 amide bonds. The predicted octanol–water partition coefficient (Wildman–Crippen LogP) is 5.33. The molecular formula is C20H29N. The number of allylic oxidation sites excluding steroid dienone is 2. The first-order valence-electron chi connectivity index (χ1n) is 9.03. The van der Waals surface area contributed by atoms with Crippen molar-refractivity contribution in [3.8, 4) is 6.07 Å². The minimum atomic E-state index is 0.294. The molecule has 1 spiro atoms. The van der Waals surface area contributed by atoms with Crippen molar-refractivity contribution in [2.24, 2.45) is 39.9 Å². The molecule has 0 aliphatic heterocycles. The number of fused-ring (bicyclic) bond motifs is 2. The summed E-state index contributed by atoms with van der Waals surface area (Å²) in [5.74, 6) is 2.60. The van der Waals surface area contributed by atoms with Crippen molar-refractivity contribution in [1.82, 2.24) is 0 Å². The fourth-order valence-electron chi connectivity index (χ4n) is 7.32. The summed E-state index contributed by atoms with van der Waals surface area (Å²) < 4.78 is 0. The smallest absolute Gasteiger partial charge is 0.0662 e. The Bertz CT molecular complexity index is 524. The SMILES string of the molecule is CC1(C)CCC[C@]2(C)[C@H]3CC[C@@H](C#N)[C@H]4C=C[C@]43CC[C@@H]12. The van der Waals surface area contributed by atoms with E-state index in [2.05, 4.69) is 39.0 Å². The molecule has 4 rings (SSSR count). The first-order chi connectivity index (χ1) is 9.94. The Hall–Kier alpha value is -0.770. The predicted molar refractivity (Wildman–Crippen MR) is 85.4 cm³/mol. The van der Waals surface area contributed by atoms with Crippen LogP contribution >= 0.6 is 0 Å². The van der Waals surface area contributed by atoms with Crippen molar-refractivity contribution in [2.75, 3.05) is 0 Å². The molecule has 0 unspecified atom stereocenters. The highest BCUT2D eigenvalue weighted by molar-refractivity contribution is 5.29. The zero-order valence-electron chi connectivity index (χ0n) is 13.9. The van der Waals surface area contributed by atoms with E-state index in [4.69, 9.17) is 0 Å². The number of hydrogen-bond acceptors (Lipinski definition) is 1. The lowest BCUT2D eigenvalue weighted by atomic mass is 9.36. The zero-order valence-corrected chi connectivity index (χ0v) is 13.9. The van der Waals surface area contributed by atoms with Gasteiger partial charge in [0.05, 0.1) is 12.0 Å². The molecule has 0 radical (unpaired) electrons. The third-order valence-electron chi connectivity index (χ3n) is 8.19. The molecule has 3 fully saturated rings. The molecule has 1 nitrogen and oxygen atoms in total. The van der Waals surface area contributed by atoms with E-state index in [1.807, 2.05) is 0 Å². The van der Waals surface area contributed by atoms with Crippen molar-refractivity contribution >= 4 is 0 Å². The Labute approximate surface area is 129 Å². The minimum Gasteiger partial charge on any atom is -0.198 e. The third kappa shape index (κ3) is 1.57. The van der Waals surface area contributed by atoms with Crippen LogP contribution in [0.1, 0.15) is 65.7 Å².